The van der Waals surface area contributed by atoms with Gasteiger partial charge in [-0.3, -0.25) is 0 Å². The van der Waals surface area contributed by atoms with Gasteiger partial charge < -0.3 is 18.8 Å². The van der Waals surface area contributed by atoms with Crippen LogP contribution in [0.5, 0.6) is 0 Å². The number of hydrogen-bond acceptors (Lipinski definition) is 4. The van der Waals surface area contributed by atoms with Crippen molar-refractivity contribution in [3.8, 4) is 0 Å². The van der Waals surface area contributed by atoms with Crippen molar-refractivity contribution >= 4 is 7.69 Å². The first-order valence-corrected chi connectivity index (χ1v) is 5.02. The normalized spacial score (nSPS) is 21.5. The molecule has 0 aromatic heterocycles. The highest BCUT2D eigenvalue weighted by atomic mass is 16.7. The lowest BCUT2D eigenvalue weighted by Crippen LogP contribution is -2.41. The van der Waals surface area contributed by atoms with Crippen LogP contribution >= 0.6 is 0 Å². The van der Waals surface area contributed by atoms with Crippen LogP contribution in [0.25, 0.3) is 0 Å². The molecule has 0 N–H and O–H groups in total. The Morgan fingerprint density at radius 3 is 1.33 bits per heavy atom. The van der Waals surface area contributed by atoms with Crippen molar-refractivity contribution in [1.29, 1.82) is 0 Å². The van der Waals surface area contributed by atoms with Gasteiger partial charge >= 0.3 is 7.69 Å². The summed E-state index contributed by atoms with van der Waals surface area (Å²) in [7, 11) is 4.72. The molecule has 4 nitrogen and oxygen atoms in total. The summed E-state index contributed by atoms with van der Waals surface area (Å²) in [6, 6.07) is 0. The van der Waals surface area contributed by atoms with Crippen molar-refractivity contribution in [1.82, 2.24) is 0 Å². The molecule has 0 aliphatic carbocycles. The molecular weight excluding hydrogens is 195 g/mol. The summed E-state index contributed by atoms with van der Waals surface area (Å²) in [5.41, 5.74) is -0.375. The predicted octanol–water partition coefficient (Wildman–Crippen LogP) is 1.40. The Labute approximate surface area is 93.5 Å². The maximum absolute atomic E-state index is 5.21. The molecule has 0 saturated carbocycles. The molecule has 1 aliphatic heterocycles. The van der Waals surface area contributed by atoms with Crippen molar-refractivity contribution in [2.75, 3.05) is 27.4 Å². The zero-order valence-corrected chi connectivity index (χ0v) is 10.6. The molecule has 1 radical (unpaired) electrons. The number of rotatable bonds is 3. The van der Waals surface area contributed by atoms with Crippen LogP contribution in [0, 0.1) is 0 Å². The van der Waals surface area contributed by atoms with Crippen LogP contribution in [-0.4, -0.2) is 46.3 Å². The van der Waals surface area contributed by atoms with Gasteiger partial charge in [0.25, 0.3) is 0 Å². The fourth-order valence-corrected chi connectivity index (χ4v) is 0.715. The molecule has 1 aliphatic rings. The zero-order valence-electron chi connectivity index (χ0n) is 10.6. The minimum atomic E-state index is -0.188. The summed E-state index contributed by atoms with van der Waals surface area (Å²) < 4.78 is 19.7. The minimum Gasteiger partial charge on any atom is -0.405 e. The van der Waals surface area contributed by atoms with E-state index in [1.165, 1.54) is 7.69 Å². The van der Waals surface area contributed by atoms with E-state index in [2.05, 4.69) is 9.47 Å². The largest absolute Gasteiger partial charge is 0.488 e. The summed E-state index contributed by atoms with van der Waals surface area (Å²) in [4.78, 5) is 0. The van der Waals surface area contributed by atoms with E-state index < -0.39 is 0 Å². The summed E-state index contributed by atoms with van der Waals surface area (Å²) >= 11 is 0. The van der Waals surface area contributed by atoms with Crippen LogP contribution in [0.2, 0.25) is 0 Å². The lowest BCUT2D eigenvalue weighted by molar-refractivity contribution is 0.00578. The van der Waals surface area contributed by atoms with Gasteiger partial charge in [0.15, 0.2) is 0 Å². The first kappa shape index (κ1) is 14.9. The van der Waals surface area contributed by atoms with Crippen molar-refractivity contribution in [3.05, 3.63) is 0 Å². The Bertz CT molecular complexity index is 153. The SMILES string of the molecule is CC1(C)O[B]OC1(C)C.COCCOC. The molecule has 1 heterocycles. The fraction of sp³-hybridized carbons (Fsp3) is 1.00. The van der Waals surface area contributed by atoms with Crippen LogP contribution < -0.4 is 0 Å². The van der Waals surface area contributed by atoms with E-state index in [-0.39, 0.29) is 11.2 Å². The lowest BCUT2D eigenvalue weighted by atomic mass is 9.90. The Balaban J connectivity index is 0.000000288. The molecule has 0 aromatic rings. The van der Waals surface area contributed by atoms with Gasteiger partial charge in [0.1, 0.15) is 0 Å². The molecule has 1 fully saturated rings. The maximum atomic E-state index is 5.21. The Morgan fingerprint density at radius 1 is 0.867 bits per heavy atom. The molecule has 0 unspecified atom stereocenters. The van der Waals surface area contributed by atoms with Crippen LogP contribution in [0.1, 0.15) is 27.7 Å². The van der Waals surface area contributed by atoms with Gasteiger partial charge in [0.05, 0.1) is 24.4 Å². The molecular formula is C10H22BO4. The van der Waals surface area contributed by atoms with Crippen LogP contribution in [0.4, 0.5) is 0 Å². The quantitative estimate of drug-likeness (QED) is 0.529. The molecule has 1 saturated heterocycles. The second-order valence-corrected chi connectivity index (χ2v) is 4.34. The third kappa shape index (κ3) is 4.97. The first-order chi connectivity index (χ1) is 6.87. The average molecular weight is 217 g/mol. The van der Waals surface area contributed by atoms with Crippen LogP contribution in [0.3, 0.4) is 0 Å². The van der Waals surface area contributed by atoms with E-state index in [1.54, 1.807) is 14.2 Å². The van der Waals surface area contributed by atoms with Gasteiger partial charge in [-0.05, 0) is 27.7 Å². The topological polar surface area (TPSA) is 36.9 Å². The van der Waals surface area contributed by atoms with E-state index >= 15 is 0 Å². The van der Waals surface area contributed by atoms with E-state index in [0.717, 1.165) is 0 Å². The minimum absolute atomic E-state index is 0.187. The summed E-state index contributed by atoms with van der Waals surface area (Å²) in [5.74, 6) is 0. The highest BCUT2D eigenvalue weighted by Gasteiger charge is 2.44. The molecule has 15 heavy (non-hydrogen) atoms. The zero-order chi connectivity index (χ0) is 11.9. The Kier molecular flexibility index (Phi) is 6.44. The second-order valence-electron chi connectivity index (χ2n) is 4.34. The highest BCUT2D eigenvalue weighted by molar-refractivity contribution is 6.19. The molecule has 0 bridgehead atoms. The van der Waals surface area contributed by atoms with Gasteiger partial charge in [-0.2, -0.15) is 0 Å². The van der Waals surface area contributed by atoms with Gasteiger partial charge in [-0.15, -0.1) is 0 Å². The Morgan fingerprint density at radius 2 is 1.20 bits per heavy atom. The molecule has 89 valence electrons. The molecule has 0 aromatic carbocycles. The molecule has 0 atom stereocenters. The van der Waals surface area contributed by atoms with Gasteiger partial charge in [-0.25, -0.2) is 0 Å². The monoisotopic (exact) mass is 217 g/mol. The number of ether oxygens (including phenoxy) is 2. The number of methoxy groups -OCH3 is 2. The number of hydrogen-bond donors (Lipinski definition) is 0. The molecule has 0 amide bonds. The average Bonchev–Trinajstić information content (AvgIpc) is 2.37. The van der Waals surface area contributed by atoms with E-state index in [0.29, 0.717) is 13.2 Å². The third-order valence-electron chi connectivity index (χ3n) is 2.63. The first-order valence-electron chi connectivity index (χ1n) is 5.02. The molecule has 0 spiro atoms. The lowest BCUT2D eigenvalue weighted by Gasteiger charge is -2.32. The van der Waals surface area contributed by atoms with E-state index in [1.807, 2.05) is 27.7 Å². The smallest absolute Gasteiger partial charge is 0.405 e. The Hall–Kier alpha value is -0.0951. The third-order valence-corrected chi connectivity index (χ3v) is 2.63. The van der Waals surface area contributed by atoms with Crippen molar-refractivity contribution < 1.29 is 18.8 Å². The van der Waals surface area contributed by atoms with Crippen molar-refractivity contribution in [2.24, 2.45) is 0 Å². The van der Waals surface area contributed by atoms with Crippen LogP contribution in [0.15, 0.2) is 0 Å². The summed E-state index contributed by atoms with van der Waals surface area (Å²) in [6.45, 7) is 9.42. The highest BCUT2D eigenvalue weighted by Crippen LogP contribution is 2.33. The van der Waals surface area contributed by atoms with E-state index in [9.17, 15) is 0 Å². The van der Waals surface area contributed by atoms with Crippen molar-refractivity contribution in [2.45, 2.75) is 38.9 Å². The van der Waals surface area contributed by atoms with Crippen molar-refractivity contribution in [3.63, 3.8) is 0 Å². The second kappa shape index (κ2) is 6.48. The fourth-order valence-electron chi connectivity index (χ4n) is 0.715. The molecule has 1 rings (SSSR count). The molecule has 5 heteroatoms. The standard InChI is InChI=1S/C6H12BO2.C4H10O2/c1-5(2)6(3,4)9-7-8-5;1-5-3-4-6-2/h1-4H3;3-4H2,1-2H3. The van der Waals surface area contributed by atoms with Gasteiger partial charge in [0, 0.05) is 14.2 Å². The van der Waals surface area contributed by atoms with E-state index in [4.69, 9.17) is 9.31 Å². The maximum Gasteiger partial charge on any atom is 0.488 e. The van der Waals surface area contributed by atoms with Gasteiger partial charge in [-0.1, -0.05) is 0 Å². The summed E-state index contributed by atoms with van der Waals surface area (Å²) in [5, 5.41) is 0. The van der Waals surface area contributed by atoms with Gasteiger partial charge in [0.2, 0.25) is 0 Å². The summed E-state index contributed by atoms with van der Waals surface area (Å²) in [6.07, 6.45) is 0. The van der Waals surface area contributed by atoms with Crippen LogP contribution in [-0.2, 0) is 18.8 Å². The predicted molar refractivity (Wildman–Crippen MR) is 59.8 cm³/mol.